The van der Waals surface area contributed by atoms with Gasteiger partial charge >= 0.3 is 0 Å². The number of aryl methyl sites for hydroxylation is 1. The molecule has 0 radical (unpaired) electrons. The van der Waals surface area contributed by atoms with Gasteiger partial charge in [-0.1, -0.05) is 26.7 Å². The number of hydrogen-bond donors (Lipinski definition) is 1. The maximum atomic E-state index is 8.85. The summed E-state index contributed by atoms with van der Waals surface area (Å²) in [5.41, 5.74) is 1.55. The van der Waals surface area contributed by atoms with E-state index in [1.165, 1.54) is 12.8 Å². The van der Waals surface area contributed by atoms with Crippen molar-refractivity contribution in [3.05, 3.63) is 23.4 Å². The Morgan fingerprint density at radius 3 is 2.62 bits per heavy atom. The fourth-order valence-electron chi connectivity index (χ4n) is 1.65. The van der Waals surface area contributed by atoms with Crippen molar-refractivity contribution in [2.75, 3.05) is 11.9 Å². The lowest BCUT2D eigenvalue weighted by atomic mass is 10.0. The molecule has 0 aliphatic carbocycles. The molecule has 0 saturated heterocycles. The van der Waals surface area contributed by atoms with Gasteiger partial charge in [-0.3, -0.25) is 0 Å². The monoisotopic (exact) mass is 217 g/mol. The SMILES string of the molecule is CCC(CC)CNc1cc(C#N)cc(C)n1. The van der Waals surface area contributed by atoms with Gasteiger partial charge in [0.2, 0.25) is 0 Å². The zero-order valence-electron chi connectivity index (χ0n) is 10.2. The van der Waals surface area contributed by atoms with E-state index in [1.807, 2.05) is 6.92 Å². The summed E-state index contributed by atoms with van der Waals surface area (Å²) in [7, 11) is 0. The molecule has 16 heavy (non-hydrogen) atoms. The minimum atomic E-state index is 0.666. The summed E-state index contributed by atoms with van der Waals surface area (Å²) in [6.07, 6.45) is 2.33. The summed E-state index contributed by atoms with van der Waals surface area (Å²) in [5.74, 6) is 1.48. The second kappa shape index (κ2) is 6.12. The van der Waals surface area contributed by atoms with Gasteiger partial charge < -0.3 is 5.32 Å². The van der Waals surface area contributed by atoms with Crippen LogP contribution in [0.3, 0.4) is 0 Å². The van der Waals surface area contributed by atoms with Gasteiger partial charge in [0.25, 0.3) is 0 Å². The average molecular weight is 217 g/mol. The van der Waals surface area contributed by atoms with Crippen LogP contribution in [0.4, 0.5) is 5.82 Å². The molecule has 0 amide bonds. The lowest BCUT2D eigenvalue weighted by Gasteiger charge is -2.14. The van der Waals surface area contributed by atoms with Gasteiger partial charge in [0.1, 0.15) is 5.82 Å². The van der Waals surface area contributed by atoms with Gasteiger partial charge in [-0.15, -0.1) is 0 Å². The molecule has 1 N–H and O–H groups in total. The van der Waals surface area contributed by atoms with Gasteiger partial charge in [0.15, 0.2) is 0 Å². The summed E-state index contributed by atoms with van der Waals surface area (Å²) in [5, 5.41) is 12.2. The number of pyridine rings is 1. The van der Waals surface area contributed by atoms with E-state index >= 15 is 0 Å². The standard InChI is InChI=1S/C13H19N3/c1-4-11(5-2)9-15-13-7-12(8-14)6-10(3)16-13/h6-7,11H,4-5,9H2,1-3H3,(H,15,16). The Labute approximate surface area is 97.5 Å². The van der Waals surface area contributed by atoms with Crippen LogP contribution in [0.25, 0.3) is 0 Å². The lowest BCUT2D eigenvalue weighted by Crippen LogP contribution is -2.13. The fraction of sp³-hybridized carbons (Fsp3) is 0.538. The quantitative estimate of drug-likeness (QED) is 0.824. The molecule has 1 aromatic rings. The zero-order chi connectivity index (χ0) is 12.0. The topological polar surface area (TPSA) is 48.7 Å². The molecule has 0 bridgehead atoms. The van der Waals surface area contributed by atoms with Crippen LogP contribution in [0.1, 0.15) is 37.9 Å². The molecule has 1 heterocycles. The molecule has 0 aliphatic heterocycles. The number of aromatic nitrogens is 1. The highest BCUT2D eigenvalue weighted by atomic mass is 15.0. The molecule has 1 aromatic heterocycles. The summed E-state index contributed by atoms with van der Waals surface area (Å²) in [6.45, 7) is 7.22. The third kappa shape index (κ3) is 3.54. The molecule has 0 atom stereocenters. The Kier molecular flexibility index (Phi) is 4.78. The van der Waals surface area contributed by atoms with Gasteiger partial charge in [-0.25, -0.2) is 4.98 Å². The van der Waals surface area contributed by atoms with E-state index < -0.39 is 0 Å². The maximum absolute atomic E-state index is 8.85. The normalized spacial score (nSPS) is 10.2. The van der Waals surface area contributed by atoms with Crippen LogP contribution >= 0.6 is 0 Å². The first-order valence-corrected chi connectivity index (χ1v) is 5.82. The van der Waals surface area contributed by atoms with Gasteiger partial charge in [0, 0.05) is 12.2 Å². The Morgan fingerprint density at radius 2 is 2.06 bits per heavy atom. The maximum Gasteiger partial charge on any atom is 0.127 e. The average Bonchev–Trinajstić information content (AvgIpc) is 2.29. The predicted molar refractivity (Wildman–Crippen MR) is 66.3 cm³/mol. The number of nitrogens with zero attached hydrogens (tertiary/aromatic N) is 2. The van der Waals surface area contributed by atoms with Crippen LogP contribution in [-0.4, -0.2) is 11.5 Å². The van der Waals surface area contributed by atoms with Crippen molar-refractivity contribution in [3.63, 3.8) is 0 Å². The highest BCUT2D eigenvalue weighted by molar-refractivity contribution is 5.44. The molecule has 0 aromatic carbocycles. The third-order valence-electron chi connectivity index (χ3n) is 2.81. The minimum Gasteiger partial charge on any atom is -0.370 e. The third-order valence-corrected chi connectivity index (χ3v) is 2.81. The number of anilines is 1. The number of hydrogen-bond acceptors (Lipinski definition) is 3. The Hall–Kier alpha value is -1.56. The molecule has 3 heteroatoms. The zero-order valence-corrected chi connectivity index (χ0v) is 10.2. The molecule has 0 fully saturated rings. The summed E-state index contributed by atoms with van der Waals surface area (Å²) in [6, 6.07) is 5.74. The van der Waals surface area contributed by atoms with E-state index in [9.17, 15) is 0 Å². The second-order valence-corrected chi connectivity index (χ2v) is 4.06. The molecular weight excluding hydrogens is 198 g/mol. The van der Waals surface area contributed by atoms with E-state index in [0.29, 0.717) is 11.5 Å². The Bertz CT molecular complexity index is 375. The van der Waals surface area contributed by atoms with E-state index in [2.05, 4.69) is 30.2 Å². The van der Waals surface area contributed by atoms with Crippen LogP contribution in [0.15, 0.2) is 12.1 Å². The predicted octanol–water partition coefficient (Wildman–Crippen LogP) is 3.11. The molecule has 0 aliphatic rings. The first kappa shape index (κ1) is 12.5. The van der Waals surface area contributed by atoms with E-state index in [1.54, 1.807) is 12.1 Å². The first-order chi connectivity index (χ1) is 7.69. The van der Waals surface area contributed by atoms with Crippen molar-refractivity contribution in [1.82, 2.24) is 4.98 Å². The molecule has 0 unspecified atom stereocenters. The Balaban J connectivity index is 2.67. The minimum absolute atomic E-state index is 0.666. The fourth-order valence-corrected chi connectivity index (χ4v) is 1.65. The molecular formula is C13H19N3. The molecule has 86 valence electrons. The molecule has 3 nitrogen and oxygen atoms in total. The van der Waals surface area contributed by atoms with Crippen LogP contribution in [-0.2, 0) is 0 Å². The number of rotatable bonds is 5. The van der Waals surface area contributed by atoms with Crippen molar-refractivity contribution < 1.29 is 0 Å². The highest BCUT2D eigenvalue weighted by Gasteiger charge is 2.04. The van der Waals surface area contributed by atoms with Gasteiger partial charge in [-0.05, 0) is 25.0 Å². The van der Waals surface area contributed by atoms with E-state index in [-0.39, 0.29) is 0 Å². The van der Waals surface area contributed by atoms with Crippen LogP contribution in [0.2, 0.25) is 0 Å². The second-order valence-electron chi connectivity index (χ2n) is 4.06. The van der Waals surface area contributed by atoms with Crippen molar-refractivity contribution in [3.8, 4) is 6.07 Å². The molecule has 0 spiro atoms. The van der Waals surface area contributed by atoms with Crippen molar-refractivity contribution >= 4 is 5.82 Å². The number of nitriles is 1. The van der Waals surface area contributed by atoms with E-state index in [4.69, 9.17) is 5.26 Å². The van der Waals surface area contributed by atoms with Crippen molar-refractivity contribution in [2.24, 2.45) is 5.92 Å². The largest absolute Gasteiger partial charge is 0.370 e. The van der Waals surface area contributed by atoms with Crippen LogP contribution in [0.5, 0.6) is 0 Å². The highest BCUT2D eigenvalue weighted by Crippen LogP contribution is 2.12. The van der Waals surface area contributed by atoms with Gasteiger partial charge in [0.05, 0.1) is 11.6 Å². The summed E-state index contributed by atoms with van der Waals surface area (Å²) >= 11 is 0. The summed E-state index contributed by atoms with van der Waals surface area (Å²) < 4.78 is 0. The molecule has 0 saturated carbocycles. The molecule has 1 rings (SSSR count). The lowest BCUT2D eigenvalue weighted by molar-refractivity contribution is 0.518. The number of nitrogens with one attached hydrogen (secondary N) is 1. The van der Waals surface area contributed by atoms with Gasteiger partial charge in [-0.2, -0.15) is 5.26 Å². The summed E-state index contributed by atoms with van der Waals surface area (Å²) in [4.78, 5) is 4.36. The van der Waals surface area contributed by atoms with E-state index in [0.717, 1.165) is 18.1 Å². The smallest absolute Gasteiger partial charge is 0.127 e. The van der Waals surface area contributed by atoms with Crippen molar-refractivity contribution in [1.29, 1.82) is 5.26 Å². The van der Waals surface area contributed by atoms with Crippen molar-refractivity contribution in [2.45, 2.75) is 33.6 Å². The first-order valence-electron chi connectivity index (χ1n) is 5.82. The van der Waals surface area contributed by atoms with Crippen LogP contribution in [0, 0.1) is 24.2 Å². The Morgan fingerprint density at radius 1 is 1.38 bits per heavy atom. The van der Waals surface area contributed by atoms with Crippen LogP contribution < -0.4 is 5.32 Å².